The van der Waals surface area contributed by atoms with Crippen molar-refractivity contribution in [2.24, 2.45) is 0 Å². The maximum absolute atomic E-state index is 13.7. The van der Waals surface area contributed by atoms with Gasteiger partial charge < -0.3 is 25.2 Å². The van der Waals surface area contributed by atoms with Crippen molar-refractivity contribution in [1.29, 1.82) is 0 Å². The minimum atomic E-state index is -4.62. The summed E-state index contributed by atoms with van der Waals surface area (Å²) in [5.41, 5.74) is 0.328. The Bertz CT molecular complexity index is 1360. The summed E-state index contributed by atoms with van der Waals surface area (Å²) in [5, 5.41) is 22.8. The Labute approximate surface area is 238 Å². The summed E-state index contributed by atoms with van der Waals surface area (Å²) in [4.78, 5) is 39.6. The van der Waals surface area contributed by atoms with Crippen molar-refractivity contribution in [2.45, 2.75) is 62.9 Å². The molecule has 1 amide bonds. The fraction of sp³-hybridized carbons (Fsp3) is 0.500. The third-order valence-electron chi connectivity index (χ3n) is 7.44. The van der Waals surface area contributed by atoms with Crippen molar-refractivity contribution in [3.8, 4) is 17.1 Å². The van der Waals surface area contributed by atoms with E-state index in [-0.39, 0.29) is 48.9 Å². The Balaban J connectivity index is 1.24. The summed E-state index contributed by atoms with van der Waals surface area (Å²) < 4.78 is 46.0. The van der Waals surface area contributed by atoms with Crippen LogP contribution in [-0.2, 0) is 6.18 Å². The largest absolute Gasteiger partial charge is 0.467 e. The van der Waals surface area contributed by atoms with Crippen LogP contribution in [0.3, 0.4) is 0 Å². The van der Waals surface area contributed by atoms with Crippen molar-refractivity contribution in [1.82, 2.24) is 29.9 Å². The summed E-state index contributed by atoms with van der Waals surface area (Å²) >= 11 is 0. The van der Waals surface area contributed by atoms with Gasteiger partial charge in [-0.2, -0.15) is 18.2 Å². The highest BCUT2D eigenvalue weighted by Gasteiger charge is 2.38. The Morgan fingerprint density at radius 3 is 2.10 bits per heavy atom. The Morgan fingerprint density at radius 1 is 0.952 bits per heavy atom. The van der Waals surface area contributed by atoms with Crippen molar-refractivity contribution < 1.29 is 32.9 Å². The van der Waals surface area contributed by atoms with Crippen LogP contribution in [0, 0.1) is 0 Å². The van der Waals surface area contributed by atoms with Crippen LogP contribution >= 0.6 is 0 Å². The fourth-order valence-electron chi connectivity index (χ4n) is 5.19. The number of halogens is 3. The van der Waals surface area contributed by atoms with E-state index < -0.39 is 23.9 Å². The van der Waals surface area contributed by atoms with Crippen LogP contribution in [0.1, 0.15) is 44.1 Å². The van der Waals surface area contributed by atoms with E-state index in [1.165, 1.54) is 24.4 Å². The number of nitrogens with one attached hydrogen (secondary N) is 1. The number of aliphatic hydroxyl groups excluding tert-OH is 1. The molecule has 0 unspecified atom stereocenters. The molecule has 3 aromatic rings. The van der Waals surface area contributed by atoms with E-state index in [0.29, 0.717) is 49.7 Å². The highest BCUT2D eigenvalue weighted by molar-refractivity contribution is 5.84. The van der Waals surface area contributed by atoms with Gasteiger partial charge in [-0.3, -0.25) is 0 Å². The first-order valence-corrected chi connectivity index (χ1v) is 13.5. The van der Waals surface area contributed by atoms with Crippen molar-refractivity contribution >= 4 is 23.8 Å². The Kier molecular flexibility index (Phi) is 8.51. The number of alkyl halides is 3. The van der Waals surface area contributed by atoms with E-state index in [1.807, 2.05) is 0 Å². The molecule has 4 heterocycles. The molecule has 0 atom stereocenters. The van der Waals surface area contributed by atoms with Gasteiger partial charge in [0.05, 0.1) is 13.2 Å². The lowest BCUT2D eigenvalue weighted by Crippen LogP contribution is -2.44. The van der Waals surface area contributed by atoms with E-state index in [1.54, 1.807) is 12.4 Å². The monoisotopic (exact) mass is 589 g/mol. The zero-order valence-electron chi connectivity index (χ0n) is 22.7. The molecule has 1 saturated carbocycles. The van der Waals surface area contributed by atoms with E-state index in [2.05, 4.69) is 35.2 Å². The number of ether oxygens (including phenoxy) is 1. The van der Waals surface area contributed by atoms with Crippen molar-refractivity contribution in [3.05, 3.63) is 36.5 Å². The number of hydrogen-bond acceptors (Lipinski definition) is 11. The molecule has 1 saturated heterocycles. The summed E-state index contributed by atoms with van der Waals surface area (Å²) in [5.74, 6) is -0.0945. The molecular weight excluding hydrogens is 559 g/mol. The highest BCUT2D eigenvalue weighted by Crippen LogP contribution is 2.37. The average molecular weight is 590 g/mol. The topological polar surface area (TPSA) is 163 Å². The maximum atomic E-state index is 13.7. The third kappa shape index (κ3) is 6.58. The molecule has 3 aromatic heterocycles. The molecule has 0 bridgehead atoms. The lowest BCUT2D eigenvalue weighted by Gasteiger charge is -2.35. The van der Waals surface area contributed by atoms with Crippen molar-refractivity contribution in [2.75, 3.05) is 35.3 Å². The number of amides is 1. The normalized spacial score (nSPS) is 19.8. The molecule has 42 heavy (non-hydrogen) atoms. The molecule has 0 radical (unpaired) electrons. The van der Waals surface area contributed by atoms with Gasteiger partial charge in [-0.15, -0.1) is 0 Å². The predicted molar refractivity (Wildman–Crippen MR) is 144 cm³/mol. The van der Waals surface area contributed by atoms with Crippen LogP contribution in [0.2, 0.25) is 0 Å². The number of nitrogens with zero attached hydrogens (tertiary/aromatic N) is 8. The highest BCUT2D eigenvalue weighted by atomic mass is 19.4. The van der Waals surface area contributed by atoms with E-state index >= 15 is 0 Å². The summed E-state index contributed by atoms with van der Waals surface area (Å²) in [7, 11) is 1.46. The maximum Gasteiger partial charge on any atom is 0.421 e. The van der Waals surface area contributed by atoms with Gasteiger partial charge in [0.25, 0.3) is 0 Å². The number of rotatable bonds is 7. The number of methoxy groups -OCH3 is 1. The minimum Gasteiger partial charge on any atom is -0.467 e. The fourth-order valence-corrected chi connectivity index (χ4v) is 5.19. The van der Waals surface area contributed by atoms with Crippen LogP contribution < -0.4 is 19.9 Å². The summed E-state index contributed by atoms with van der Waals surface area (Å²) in [6, 6.07) is -0.339. The quantitative estimate of drug-likeness (QED) is 0.367. The van der Waals surface area contributed by atoms with Gasteiger partial charge in [-0.1, -0.05) is 0 Å². The summed E-state index contributed by atoms with van der Waals surface area (Å²) in [6.45, 7) is 0.515. The molecule has 13 nitrogen and oxygen atoms in total. The lowest BCUT2D eigenvalue weighted by molar-refractivity contribution is -0.137. The molecule has 0 spiro atoms. The molecule has 2 aliphatic rings. The Morgan fingerprint density at radius 2 is 1.55 bits per heavy atom. The number of anilines is 3. The lowest BCUT2D eigenvalue weighted by atomic mass is 9.90. The summed E-state index contributed by atoms with van der Waals surface area (Å²) in [6.07, 6.45) is 3.26. The van der Waals surface area contributed by atoms with Gasteiger partial charge in [0.2, 0.25) is 11.9 Å². The predicted octanol–water partition coefficient (Wildman–Crippen LogP) is 3.62. The number of aliphatic hydroxyl groups is 1. The first-order valence-electron chi connectivity index (χ1n) is 13.5. The molecule has 0 aromatic carbocycles. The molecule has 224 valence electrons. The average Bonchev–Trinajstić information content (AvgIpc) is 2.98. The van der Waals surface area contributed by atoms with Gasteiger partial charge in [-0.25, -0.2) is 34.6 Å². The van der Waals surface area contributed by atoms with Gasteiger partial charge in [0, 0.05) is 67.3 Å². The van der Waals surface area contributed by atoms with Crippen molar-refractivity contribution in [3.63, 3.8) is 0 Å². The van der Waals surface area contributed by atoms with Gasteiger partial charge in [0.1, 0.15) is 11.4 Å². The smallest absolute Gasteiger partial charge is 0.421 e. The zero-order valence-corrected chi connectivity index (χ0v) is 22.7. The van der Waals surface area contributed by atoms with Crippen LogP contribution in [-0.4, -0.2) is 84.6 Å². The second-order valence-corrected chi connectivity index (χ2v) is 10.2. The molecule has 1 aliphatic heterocycles. The molecule has 3 N–H and O–H groups in total. The molecular formula is C26H30F3N9O4. The van der Waals surface area contributed by atoms with E-state index in [0.717, 1.165) is 11.1 Å². The Hall–Kier alpha value is -4.34. The molecule has 2 fully saturated rings. The van der Waals surface area contributed by atoms with Crippen LogP contribution in [0.15, 0.2) is 31.0 Å². The van der Waals surface area contributed by atoms with Crippen LogP contribution in [0.25, 0.3) is 11.1 Å². The van der Waals surface area contributed by atoms with Crippen LogP contribution in [0.5, 0.6) is 6.01 Å². The number of carboxylic acid groups (broad SMARTS) is 1. The standard InChI is InChI=1S/C26H30F3N9O4/c1-42-24-33-12-16(13-34-24)15-10-31-23(32-11-15)38(25(40)41)18-4-2-17(3-5-18)35-22-30-14-20(26(27,28)29)21(36-22)37-8-6-19(39)7-9-37/h10-14,17-19,39H,2-9H2,1H3,(H,40,41)(H,30,35,36)/t17-,18-. The second-order valence-electron chi connectivity index (χ2n) is 10.2. The molecule has 16 heteroatoms. The number of piperidine rings is 1. The van der Waals surface area contributed by atoms with Crippen LogP contribution in [0.4, 0.5) is 35.7 Å². The van der Waals surface area contributed by atoms with Gasteiger partial charge in [-0.05, 0) is 38.5 Å². The number of carbonyl (C=O) groups is 1. The van der Waals surface area contributed by atoms with Gasteiger partial charge >= 0.3 is 18.3 Å². The van der Waals surface area contributed by atoms with Gasteiger partial charge in [0.15, 0.2) is 0 Å². The van der Waals surface area contributed by atoms with E-state index in [4.69, 9.17) is 4.74 Å². The molecule has 1 aliphatic carbocycles. The number of hydrogen-bond donors (Lipinski definition) is 3. The SMILES string of the molecule is COc1ncc(-c2cnc(N(C(=O)O)[C@H]3CC[C@H](Nc4ncc(C(F)(F)F)c(N5CCC(O)CC5)n4)CC3)nc2)cn1. The zero-order chi connectivity index (χ0) is 29.9. The molecule has 5 rings (SSSR count). The van der Waals surface area contributed by atoms with E-state index in [9.17, 15) is 28.2 Å². The number of aromatic nitrogens is 6. The minimum absolute atomic E-state index is 0.0412. The second kappa shape index (κ2) is 12.3. The first kappa shape index (κ1) is 29.2. The third-order valence-corrected chi connectivity index (χ3v) is 7.44. The first-order chi connectivity index (χ1) is 20.1.